The van der Waals surface area contributed by atoms with Crippen molar-refractivity contribution in [2.45, 2.75) is 65.6 Å². The Labute approximate surface area is 109 Å². The molecule has 5 heteroatoms. The lowest BCUT2D eigenvalue weighted by atomic mass is 10.2. The lowest BCUT2D eigenvalue weighted by Gasteiger charge is -2.19. The second-order valence-corrected chi connectivity index (χ2v) is 5.30. The highest BCUT2D eigenvalue weighted by Crippen LogP contribution is 2.06. The molecule has 0 fully saturated rings. The normalized spacial score (nSPS) is 12.7. The van der Waals surface area contributed by atoms with Crippen LogP contribution in [0.4, 0.5) is 4.79 Å². The summed E-state index contributed by atoms with van der Waals surface area (Å²) < 4.78 is 10.1. The van der Waals surface area contributed by atoms with Crippen LogP contribution >= 0.6 is 0 Å². The molecule has 5 nitrogen and oxygen atoms in total. The molecule has 0 aliphatic rings. The largest absolute Gasteiger partial charge is 0.461 e. The topological polar surface area (TPSA) is 64.6 Å². The van der Waals surface area contributed by atoms with E-state index in [1.165, 1.54) is 0 Å². The van der Waals surface area contributed by atoms with E-state index in [4.69, 9.17) is 9.47 Å². The fraction of sp³-hybridized carbons (Fsp3) is 0.846. The molecule has 1 unspecified atom stereocenters. The van der Waals surface area contributed by atoms with Crippen LogP contribution in [0.5, 0.6) is 0 Å². The minimum atomic E-state index is -0.610. The summed E-state index contributed by atoms with van der Waals surface area (Å²) in [7, 11) is 0. The van der Waals surface area contributed by atoms with Crippen LogP contribution in [0.1, 0.15) is 53.9 Å². The van der Waals surface area contributed by atoms with Crippen LogP contribution in [0.25, 0.3) is 0 Å². The van der Waals surface area contributed by atoms with Crippen molar-refractivity contribution in [3.63, 3.8) is 0 Å². The summed E-state index contributed by atoms with van der Waals surface area (Å²) in [6.07, 6.45) is 2.21. The fourth-order valence-corrected chi connectivity index (χ4v) is 1.28. The summed E-state index contributed by atoms with van der Waals surface area (Å²) in [6, 6.07) is 0. The predicted molar refractivity (Wildman–Crippen MR) is 69.3 cm³/mol. The zero-order chi connectivity index (χ0) is 14.2. The van der Waals surface area contributed by atoms with E-state index in [0.717, 1.165) is 19.3 Å². The van der Waals surface area contributed by atoms with Gasteiger partial charge in [0, 0.05) is 0 Å². The van der Waals surface area contributed by atoms with Crippen LogP contribution in [-0.2, 0) is 14.3 Å². The fourth-order valence-electron chi connectivity index (χ4n) is 1.28. The predicted octanol–water partition coefficient (Wildman–Crippen LogP) is 2.63. The van der Waals surface area contributed by atoms with Gasteiger partial charge >= 0.3 is 12.1 Å². The average molecular weight is 259 g/mol. The summed E-state index contributed by atoms with van der Waals surface area (Å²) in [4.78, 5) is 22.7. The summed E-state index contributed by atoms with van der Waals surface area (Å²) in [6.45, 7) is 9.05. The molecule has 18 heavy (non-hydrogen) atoms. The van der Waals surface area contributed by atoms with Crippen LogP contribution in [-0.4, -0.2) is 30.3 Å². The molecule has 106 valence electrons. The van der Waals surface area contributed by atoms with E-state index < -0.39 is 17.7 Å². The molecule has 0 radical (unpaired) electrons. The minimum absolute atomic E-state index is 0.113. The molecule has 0 bridgehead atoms. The number of esters is 1. The van der Waals surface area contributed by atoms with Gasteiger partial charge in [0.25, 0.3) is 0 Å². The smallest absolute Gasteiger partial charge is 0.408 e. The van der Waals surface area contributed by atoms with Gasteiger partial charge in [-0.05, 0) is 34.1 Å². The van der Waals surface area contributed by atoms with Gasteiger partial charge in [-0.1, -0.05) is 19.8 Å². The van der Waals surface area contributed by atoms with Crippen molar-refractivity contribution < 1.29 is 19.1 Å². The Bertz CT molecular complexity index is 271. The van der Waals surface area contributed by atoms with Gasteiger partial charge in [0.05, 0.1) is 6.10 Å². The van der Waals surface area contributed by atoms with E-state index in [1.807, 2.05) is 6.92 Å². The first-order chi connectivity index (χ1) is 8.24. The molecule has 0 rings (SSSR count). The highest BCUT2D eigenvalue weighted by atomic mass is 16.6. The third kappa shape index (κ3) is 9.93. The van der Waals surface area contributed by atoms with Gasteiger partial charge in [-0.3, -0.25) is 4.79 Å². The number of alkyl carbamates (subject to hydrolysis) is 1. The summed E-state index contributed by atoms with van der Waals surface area (Å²) in [5, 5.41) is 2.36. The van der Waals surface area contributed by atoms with Crippen molar-refractivity contribution in [1.29, 1.82) is 0 Å². The molecule has 0 spiro atoms. The summed E-state index contributed by atoms with van der Waals surface area (Å²) in [5.41, 5.74) is -0.567. The standard InChI is InChI=1S/C13H25NO4/c1-6-7-8-10(2)17-11(15)9-14-12(16)18-13(3,4)5/h10H,6-9H2,1-5H3,(H,14,16). The van der Waals surface area contributed by atoms with Crippen molar-refractivity contribution in [3.8, 4) is 0 Å². The van der Waals surface area contributed by atoms with Crippen molar-refractivity contribution in [2.75, 3.05) is 6.54 Å². The first-order valence-corrected chi connectivity index (χ1v) is 6.41. The zero-order valence-electron chi connectivity index (χ0n) is 12.0. The Morgan fingerprint density at radius 2 is 1.89 bits per heavy atom. The summed E-state index contributed by atoms with van der Waals surface area (Å²) >= 11 is 0. The first-order valence-electron chi connectivity index (χ1n) is 6.41. The van der Waals surface area contributed by atoms with Crippen LogP contribution in [0, 0.1) is 0 Å². The van der Waals surface area contributed by atoms with Gasteiger partial charge in [0.1, 0.15) is 12.1 Å². The van der Waals surface area contributed by atoms with Crippen molar-refractivity contribution >= 4 is 12.1 Å². The minimum Gasteiger partial charge on any atom is -0.461 e. The third-order valence-corrected chi connectivity index (χ3v) is 2.07. The van der Waals surface area contributed by atoms with Gasteiger partial charge in [-0.25, -0.2) is 4.79 Å². The number of ether oxygens (including phenoxy) is 2. The number of hydrogen-bond acceptors (Lipinski definition) is 4. The lowest BCUT2D eigenvalue weighted by molar-refractivity contribution is -0.147. The van der Waals surface area contributed by atoms with Gasteiger partial charge in [-0.2, -0.15) is 0 Å². The number of rotatable bonds is 6. The Balaban J connectivity index is 3.79. The van der Waals surface area contributed by atoms with E-state index in [2.05, 4.69) is 12.2 Å². The number of nitrogens with one attached hydrogen (secondary N) is 1. The van der Waals surface area contributed by atoms with Crippen LogP contribution in [0.3, 0.4) is 0 Å². The van der Waals surface area contributed by atoms with Crippen molar-refractivity contribution in [3.05, 3.63) is 0 Å². The molecule has 0 aromatic heterocycles. The second-order valence-electron chi connectivity index (χ2n) is 5.30. The Hall–Kier alpha value is -1.26. The number of carbonyl (C=O) groups excluding carboxylic acids is 2. The number of carbonyl (C=O) groups is 2. The lowest BCUT2D eigenvalue weighted by Crippen LogP contribution is -2.36. The van der Waals surface area contributed by atoms with Gasteiger partial charge in [0.2, 0.25) is 0 Å². The van der Waals surface area contributed by atoms with E-state index >= 15 is 0 Å². The maximum atomic E-state index is 11.4. The quantitative estimate of drug-likeness (QED) is 0.745. The Morgan fingerprint density at radius 1 is 1.28 bits per heavy atom. The molecule has 0 aromatic rings. The maximum absolute atomic E-state index is 11.4. The molecule has 0 aliphatic heterocycles. The third-order valence-electron chi connectivity index (χ3n) is 2.07. The van der Waals surface area contributed by atoms with E-state index in [9.17, 15) is 9.59 Å². The maximum Gasteiger partial charge on any atom is 0.408 e. The SMILES string of the molecule is CCCCC(C)OC(=O)CNC(=O)OC(C)(C)C. The molecule has 1 N–H and O–H groups in total. The van der Waals surface area contributed by atoms with Crippen LogP contribution in [0.2, 0.25) is 0 Å². The Kier molecular flexibility index (Phi) is 7.39. The monoisotopic (exact) mass is 259 g/mol. The highest BCUT2D eigenvalue weighted by Gasteiger charge is 2.17. The number of unbranched alkanes of at least 4 members (excludes halogenated alkanes) is 1. The molecule has 0 aliphatic carbocycles. The average Bonchev–Trinajstić information content (AvgIpc) is 2.21. The molecular weight excluding hydrogens is 234 g/mol. The van der Waals surface area contributed by atoms with Crippen molar-refractivity contribution in [2.24, 2.45) is 0 Å². The highest BCUT2D eigenvalue weighted by molar-refractivity contribution is 5.78. The molecule has 1 atom stereocenters. The second kappa shape index (κ2) is 7.95. The van der Waals surface area contributed by atoms with E-state index in [0.29, 0.717) is 0 Å². The number of hydrogen-bond donors (Lipinski definition) is 1. The van der Waals surface area contributed by atoms with E-state index in [1.54, 1.807) is 20.8 Å². The number of amides is 1. The van der Waals surface area contributed by atoms with Crippen molar-refractivity contribution in [1.82, 2.24) is 5.32 Å². The van der Waals surface area contributed by atoms with Crippen LogP contribution in [0.15, 0.2) is 0 Å². The molecular formula is C13H25NO4. The van der Waals surface area contributed by atoms with E-state index in [-0.39, 0.29) is 12.6 Å². The van der Waals surface area contributed by atoms with Crippen LogP contribution < -0.4 is 5.32 Å². The first kappa shape index (κ1) is 16.7. The molecule has 0 saturated heterocycles. The zero-order valence-corrected chi connectivity index (χ0v) is 12.0. The Morgan fingerprint density at radius 3 is 2.39 bits per heavy atom. The molecule has 0 heterocycles. The molecule has 0 saturated carbocycles. The molecule has 1 amide bonds. The summed E-state index contributed by atoms with van der Waals surface area (Å²) in [5.74, 6) is -0.440. The van der Waals surface area contributed by atoms with Gasteiger partial charge in [-0.15, -0.1) is 0 Å². The van der Waals surface area contributed by atoms with Gasteiger partial charge in [0.15, 0.2) is 0 Å². The molecule has 0 aromatic carbocycles. The van der Waals surface area contributed by atoms with Gasteiger partial charge < -0.3 is 14.8 Å².